The molecule has 6 fully saturated rings. The Hall–Kier alpha value is -10.5. The lowest BCUT2D eigenvalue weighted by Crippen LogP contribution is -2.49. The first-order valence-corrected chi connectivity index (χ1v) is 37.7. The smallest absolute Gasteiger partial charge is 0.335 e. The second-order valence-electron chi connectivity index (χ2n) is 28.0. The number of ether oxygens (including phenoxy) is 6. The monoisotopic (exact) mass is 1460 g/mol. The van der Waals surface area contributed by atoms with Crippen LogP contribution in [-0.2, 0) is 32.2 Å². The van der Waals surface area contributed by atoms with Gasteiger partial charge in [0.05, 0.1) is 78.6 Å². The quantitative estimate of drug-likeness (QED) is 0.0490. The molecule has 4 aromatic heterocycles. The lowest BCUT2D eigenvalue weighted by molar-refractivity contribution is -0.121. The van der Waals surface area contributed by atoms with Crippen molar-refractivity contribution in [3.8, 4) is 45.3 Å². The molecule has 4 aliphatic heterocycles. The number of methoxy groups -OCH3 is 2. The number of carbonyl (C=O) groups is 6. The highest BCUT2D eigenvalue weighted by molar-refractivity contribution is 6.08. The van der Waals surface area contributed by atoms with Gasteiger partial charge in [0.1, 0.15) is 23.0 Å². The Kier molecular flexibility index (Phi) is 25.8. The summed E-state index contributed by atoms with van der Waals surface area (Å²) in [5.41, 5.74) is 5.51. The number of amides is 7. The zero-order valence-electron chi connectivity index (χ0n) is 61.3. The molecule has 4 aromatic carbocycles. The summed E-state index contributed by atoms with van der Waals surface area (Å²) in [6.07, 6.45) is 28.2. The standard InChI is InChI=1S/C41H47N5O7.C29H37N3O3.C12H12N2O5/c1-3-4-20-45-26-35(33-15-19-42-25-34(33)40(45)49)27-5-8-29(9-6-27)52-30-10-12-31(13-11-30)53-32-16-21-44(22-17-32)39(48)28-7-14-37(51-2)36(24-28)46-23-18-38(47)43-41(46)50;1-2-3-18-32-20-28(26-14-17-31-19-27(26)29(32)33)21-4-6-22(7-5-21)34-23-8-10-24(11-9-23)35-25-12-15-30-16-13-25;1-19-9-3-2-7(11(16)17)6-8(9)14-5-4-10(15)13-12(14)18/h5-9,14-15,19,24-26,30-32H,3-4,10-13,16-18,20-23H2,1-2H3,(H,43,47,50);4-7,14,17,19-20,23-25,30H,2-3,8-13,15-16,18H2,1H3;2-3,6H,4-5H2,1H3,(H,16,17)(H,13,15,18). The SMILES string of the molecule is CCCCn1cc(-c2ccc(OC3CCC(OC4CCN(C(=O)c5ccc(OC)c(N6CCC(=O)NC6=O)c5)CC4)CC3)cc2)c2ccncc2c1=O.CCCCn1cc(-c2ccc(OC3CCC(OC4CCNCC4)CC3)cc2)c2ccncc2c1=O.COc1ccc(C(=O)O)cc1N1CCC(=O)NC1=O. The Morgan fingerprint density at radius 1 is 0.486 bits per heavy atom. The number of anilines is 2. The summed E-state index contributed by atoms with van der Waals surface area (Å²) in [6.45, 7) is 9.39. The van der Waals surface area contributed by atoms with Crippen molar-refractivity contribution in [3.05, 3.63) is 166 Å². The number of hydrogen-bond acceptors (Lipinski definition) is 17. The van der Waals surface area contributed by atoms with Gasteiger partial charge in [-0.25, -0.2) is 14.4 Å². The Bertz CT molecular complexity index is 4570. The highest BCUT2D eigenvalue weighted by Gasteiger charge is 2.33. The number of likely N-dealkylation sites (tertiary alicyclic amines) is 1. The minimum atomic E-state index is -1.10. The summed E-state index contributed by atoms with van der Waals surface area (Å²) in [7, 11) is 2.93. The molecule has 0 atom stereocenters. The molecule has 4 saturated heterocycles. The molecule has 2 aliphatic carbocycles. The summed E-state index contributed by atoms with van der Waals surface area (Å²) < 4.78 is 39.8. The molecule has 4 N–H and O–H groups in total. The van der Waals surface area contributed by atoms with E-state index in [4.69, 9.17) is 33.5 Å². The number of benzene rings is 4. The van der Waals surface area contributed by atoms with Crippen LogP contribution in [0.25, 0.3) is 43.8 Å². The van der Waals surface area contributed by atoms with Gasteiger partial charge in [-0.15, -0.1) is 0 Å². The third kappa shape index (κ3) is 19.0. The molecule has 25 heteroatoms. The summed E-state index contributed by atoms with van der Waals surface area (Å²) in [4.78, 5) is 110. The number of aromatic nitrogens is 4. The van der Waals surface area contributed by atoms with Crippen molar-refractivity contribution in [3.63, 3.8) is 0 Å². The van der Waals surface area contributed by atoms with Crippen LogP contribution in [0.15, 0.2) is 144 Å². The molecule has 7 amide bonds. The normalized spacial score (nSPS) is 19.4. The maximum absolute atomic E-state index is 13.5. The maximum Gasteiger partial charge on any atom is 0.335 e. The van der Waals surface area contributed by atoms with E-state index in [0.717, 1.165) is 167 Å². The topological polar surface area (TPSA) is 294 Å². The lowest BCUT2D eigenvalue weighted by Gasteiger charge is -2.36. The Morgan fingerprint density at radius 3 is 1.32 bits per heavy atom. The number of imide groups is 2. The van der Waals surface area contributed by atoms with Crippen molar-refractivity contribution < 1.29 is 62.3 Å². The predicted molar refractivity (Wildman–Crippen MR) is 407 cm³/mol. The molecule has 25 nitrogen and oxygen atoms in total. The molecular formula is C82H96N10O15. The fraction of sp³-hybridized carbons (Fsp3) is 0.439. The number of carbonyl (C=O) groups excluding carboxylic acids is 5. The van der Waals surface area contributed by atoms with E-state index in [-0.39, 0.29) is 84.8 Å². The highest BCUT2D eigenvalue weighted by Crippen LogP contribution is 2.37. The van der Waals surface area contributed by atoms with E-state index in [9.17, 15) is 38.4 Å². The fourth-order valence-corrected chi connectivity index (χ4v) is 14.8. The number of nitrogens with zero attached hydrogens (tertiary/aromatic N) is 7. The van der Waals surface area contributed by atoms with E-state index in [0.29, 0.717) is 71.1 Å². The number of fused-ring (bicyclic) bond motifs is 2. The van der Waals surface area contributed by atoms with Gasteiger partial charge in [-0.3, -0.25) is 54.4 Å². The first kappa shape index (κ1) is 76.2. The van der Waals surface area contributed by atoms with Gasteiger partial charge in [-0.05, 0) is 198 Å². The van der Waals surface area contributed by atoms with Crippen LogP contribution in [0.1, 0.15) is 150 Å². The zero-order chi connectivity index (χ0) is 74.9. The first-order valence-electron chi connectivity index (χ1n) is 37.7. The number of rotatable bonds is 22. The van der Waals surface area contributed by atoms with Crippen LogP contribution in [0.2, 0.25) is 0 Å². The van der Waals surface area contributed by atoms with Crippen molar-refractivity contribution >= 4 is 68.7 Å². The Balaban J connectivity index is 0.000000169. The van der Waals surface area contributed by atoms with Crippen molar-refractivity contribution in [2.45, 2.75) is 179 Å². The molecule has 0 spiro atoms. The van der Waals surface area contributed by atoms with Crippen LogP contribution in [-0.4, -0.2) is 155 Å². The highest BCUT2D eigenvalue weighted by atomic mass is 16.5. The fourth-order valence-electron chi connectivity index (χ4n) is 14.8. The average molecular weight is 1460 g/mol. The number of carboxylic acid groups (broad SMARTS) is 1. The number of urea groups is 2. The van der Waals surface area contributed by atoms with Crippen molar-refractivity contribution in [1.29, 1.82) is 0 Å². The third-order valence-electron chi connectivity index (χ3n) is 20.8. The van der Waals surface area contributed by atoms with E-state index in [1.54, 1.807) is 47.6 Å². The van der Waals surface area contributed by atoms with Crippen LogP contribution in [0.4, 0.5) is 21.0 Å². The molecule has 2 saturated carbocycles. The second kappa shape index (κ2) is 36.2. The zero-order valence-corrected chi connectivity index (χ0v) is 61.3. The van der Waals surface area contributed by atoms with Gasteiger partial charge in [0.25, 0.3) is 17.0 Å². The molecule has 6 aliphatic rings. The predicted octanol–water partition coefficient (Wildman–Crippen LogP) is 12.5. The largest absolute Gasteiger partial charge is 0.495 e. The minimum Gasteiger partial charge on any atom is -0.495 e. The van der Waals surface area contributed by atoms with Gasteiger partial charge < -0.3 is 52.9 Å². The number of aryl methyl sites for hydroxylation is 2. The number of nitrogens with one attached hydrogen (secondary N) is 3. The number of pyridine rings is 4. The molecule has 0 radical (unpaired) electrons. The van der Waals surface area contributed by atoms with Gasteiger partial charge in [-0.2, -0.15) is 0 Å². The first-order chi connectivity index (χ1) is 52.0. The van der Waals surface area contributed by atoms with Crippen molar-refractivity contribution in [1.82, 2.24) is 40.0 Å². The molecule has 564 valence electrons. The summed E-state index contributed by atoms with van der Waals surface area (Å²) >= 11 is 0. The van der Waals surface area contributed by atoms with Crippen molar-refractivity contribution in [2.24, 2.45) is 0 Å². The maximum atomic E-state index is 13.5. The minimum absolute atomic E-state index is 0.00257. The molecule has 0 unspecified atom stereocenters. The van der Waals surface area contributed by atoms with Crippen LogP contribution in [0, 0.1) is 0 Å². The molecule has 107 heavy (non-hydrogen) atoms. The number of unbranched alkanes of at least 4 members (excludes halogenated alkanes) is 2. The van der Waals surface area contributed by atoms with Gasteiger partial charge in [-0.1, -0.05) is 51.0 Å². The number of carboxylic acids is 1. The Labute approximate surface area is 621 Å². The molecule has 0 bridgehead atoms. The van der Waals surface area contributed by atoms with Gasteiger partial charge in [0.2, 0.25) is 11.8 Å². The van der Waals surface area contributed by atoms with E-state index in [1.807, 2.05) is 46.1 Å². The molecule has 8 heterocycles. The van der Waals surface area contributed by atoms with Crippen LogP contribution >= 0.6 is 0 Å². The van der Waals surface area contributed by atoms with E-state index >= 15 is 0 Å². The van der Waals surface area contributed by atoms with Gasteiger partial charge in [0.15, 0.2) is 0 Å². The molecule has 8 aromatic rings. The average Bonchev–Trinajstić information content (AvgIpc) is 0.792. The summed E-state index contributed by atoms with van der Waals surface area (Å²) in [6, 6.07) is 28.5. The van der Waals surface area contributed by atoms with Crippen LogP contribution in [0.5, 0.6) is 23.0 Å². The lowest BCUT2D eigenvalue weighted by atomic mass is 9.94. The summed E-state index contributed by atoms with van der Waals surface area (Å²) in [5.74, 6) is 0.692. The van der Waals surface area contributed by atoms with Crippen LogP contribution in [0.3, 0.4) is 0 Å². The Morgan fingerprint density at radius 2 is 0.897 bits per heavy atom. The van der Waals surface area contributed by atoms with Gasteiger partial charge in [0, 0.05) is 106 Å². The van der Waals surface area contributed by atoms with Crippen molar-refractivity contribution in [2.75, 3.05) is 63.3 Å². The van der Waals surface area contributed by atoms with E-state index in [2.05, 4.69) is 76.2 Å². The second-order valence-corrected chi connectivity index (χ2v) is 28.0. The summed E-state index contributed by atoms with van der Waals surface area (Å²) in [5, 5.41) is 20.0. The third-order valence-corrected chi connectivity index (χ3v) is 20.8. The molecule has 14 rings (SSSR count). The van der Waals surface area contributed by atoms with E-state index in [1.165, 1.54) is 42.2 Å². The number of piperidine rings is 2. The van der Waals surface area contributed by atoms with Gasteiger partial charge >= 0.3 is 18.0 Å². The van der Waals surface area contributed by atoms with E-state index < -0.39 is 18.0 Å². The number of aromatic carboxylic acids is 1. The molecular weight excluding hydrogens is 1360 g/mol. The number of hydrogen-bond donors (Lipinski definition) is 4. The van der Waals surface area contributed by atoms with Crippen LogP contribution < -0.4 is 55.8 Å².